The SMILES string of the molecule is CC(C)c1[c-]c(C(C)C)ccc1.[Cl][Ti][Cl].c1cc[cH-]c1. The van der Waals surface area contributed by atoms with E-state index in [1.807, 2.05) is 30.3 Å². The average Bonchev–Trinajstić information content (AvgIpc) is 2.99. The largest absolute Gasteiger partial charge is 0.214 e. The van der Waals surface area contributed by atoms with Crippen LogP contribution in [0.4, 0.5) is 0 Å². The number of hydrogen-bond acceptors (Lipinski definition) is 0. The van der Waals surface area contributed by atoms with Crippen LogP contribution in [0.15, 0.2) is 48.5 Å². The van der Waals surface area contributed by atoms with Gasteiger partial charge in [0.1, 0.15) is 0 Å². The summed E-state index contributed by atoms with van der Waals surface area (Å²) in [6.07, 6.45) is 0. The molecule has 110 valence electrons. The Morgan fingerprint density at radius 1 is 0.900 bits per heavy atom. The van der Waals surface area contributed by atoms with Gasteiger partial charge in [-0.05, 0) is 11.8 Å². The van der Waals surface area contributed by atoms with Crippen LogP contribution < -0.4 is 0 Å². The van der Waals surface area contributed by atoms with Gasteiger partial charge in [-0.2, -0.15) is 53.6 Å². The fraction of sp³-hybridized carbons (Fsp3) is 0.353. The van der Waals surface area contributed by atoms with Gasteiger partial charge in [0.15, 0.2) is 0 Å². The molecule has 0 aliphatic rings. The van der Waals surface area contributed by atoms with E-state index < -0.39 is 17.0 Å². The zero-order valence-electron chi connectivity index (χ0n) is 12.5. The first kappa shape index (κ1) is 19.9. The topological polar surface area (TPSA) is 0 Å². The normalized spacial score (nSPS) is 9.40. The molecule has 0 atom stereocenters. The van der Waals surface area contributed by atoms with Gasteiger partial charge < -0.3 is 0 Å². The maximum absolute atomic E-state index is 4.89. The number of hydrogen-bond donors (Lipinski definition) is 0. The molecule has 0 radical (unpaired) electrons. The van der Waals surface area contributed by atoms with Crippen LogP contribution in [0.3, 0.4) is 0 Å². The van der Waals surface area contributed by atoms with Crippen molar-refractivity contribution in [2.75, 3.05) is 0 Å². The van der Waals surface area contributed by atoms with Crippen molar-refractivity contribution in [3.63, 3.8) is 0 Å². The Kier molecular flexibility index (Phi) is 12.5. The molecule has 0 aromatic heterocycles. The van der Waals surface area contributed by atoms with Crippen LogP contribution in [0, 0.1) is 6.07 Å². The summed E-state index contributed by atoms with van der Waals surface area (Å²) in [6, 6.07) is 19.9. The third kappa shape index (κ3) is 9.72. The number of rotatable bonds is 2. The van der Waals surface area contributed by atoms with E-state index in [0.717, 1.165) is 0 Å². The van der Waals surface area contributed by atoms with Crippen LogP contribution >= 0.6 is 18.6 Å². The Balaban J connectivity index is 0.000000371. The summed E-state index contributed by atoms with van der Waals surface area (Å²) in [7, 11) is 9.78. The van der Waals surface area contributed by atoms with E-state index in [2.05, 4.69) is 52.0 Å². The fourth-order valence-electron chi connectivity index (χ4n) is 1.50. The Morgan fingerprint density at radius 2 is 1.30 bits per heavy atom. The Bertz CT molecular complexity index is 382. The van der Waals surface area contributed by atoms with Crippen LogP contribution in [-0.4, -0.2) is 0 Å². The van der Waals surface area contributed by atoms with Gasteiger partial charge in [0.2, 0.25) is 0 Å². The van der Waals surface area contributed by atoms with E-state index in [1.165, 1.54) is 11.1 Å². The van der Waals surface area contributed by atoms with Gasteiger partial charge in [-0.3, -0.25) is 0 Å². The van der Waals surface area contributed by atoms with Crippen molar-refractivity contribution in [2.24, 2.45) is 0 Å². The van der Waals surface area contributed by atoms with Crippen molar-refractivity contribution in [1.82, 2.24) is 0 Å². The molecule has 2 aromatic carbocycles. The van der Waals surface area contributed by atoms with Crippen LogP contribution in [0.25, 0.3) is 0 Å². The molecule has 0 amide bonds. The molecule has 0 saturated heterocycles. The van der Waals surface area contributed by atoms with E-state index in [0.29, 0.717) is 11.8 Å². The molecule has 2 rings (SSSR count). The van der Waals surface area contributed by atoms with Crippen molar-refractivity contribution >= 4 is 18.6 Å². The van der Waals surface area contributed by atoms with Gasteiger partial charge in [0.05, 0.1) is 0 Å². The molecule has 0 spiro atoms. The molecule has 3 heteroatoms. The van der Waals surface area contributed by atoms with E-state index >= 15 is 0 Å². The molecule has 0 N–H and O–H groups in total. The van der Waals surface area contributed by atoms with Crippen LogP contribution in [0.5, 0.6) is 0 Å². The molecule has 0 saturated carbocycles. The molecule has 0 fully saturated rings. The van der Waals surface area contributed by atoms with E-state index in [4.69, 9.17) is 18.6 Å². The molecule has 0 aliphatic heterocycles. The summed E-state index contributed by atoms with van der Waals surface area (Å²) < 4.78 is 0. The molecule has 0 heterocycles. The van der Waals surface area contributed by atoms with Crippen LogP contribution in [-0.2, 0) is 17.0 Å². The van der Waals surface area contributed by atoms with E-state index in [-0.39, 0.29) is 0 Å². The quantitative estimate of drug-likeness (QED) is 0.430. The van der Waals surface area contributed by atoms with Crippen molar-refractivity contribution in [1.29, 1.82) is 0 Å². The predicted molar refractivity (Wildman–Crippen MR) is 87.2 cm³/mol. The van der Waals surface area contributed by atoms with E-state index in [1.54, 1.807) is 0 Å². The summed E-state index contributed by atoms with van der Waals surface area (Å²) in [5.41, 5.74) is 2.64. The first-order chi connectivity index (χ1) is 9.52. The molecule has 0 aliphatic carbocycles. The Hall–Kier alpha value is -0.136. The summed E-state index contributed by atoms with van der Waals surface area (Å²) in [5, 5.41) is 0. The first-order valence-electron chi connectivity index (χ1n) is 6.68. The maximum Gasteiger partial charge on any atom is -0.172 e. The van der Waals surface area contributed by atoms with Gasteiger partial charge in [0, 0.05) is 0 Å². The molecule has 2 aromatic rings. The van der Waals surface area contributed by atoms with Crippen LogP contribution in [0.1, 0.15) is 50.7 Å². The first-order valence-corrected chi connectivity index (χ1v) is 11.0. The van der Waals surface area contributed by atoms with Crippen LogP contribution in [0.2, 0.25) is 0 Å². The second-order valence-electron chi connectivity index (χ2n) is 4.90. The fourth-order valence-corrected chi connectivity index (χ4v) is 1.50. The summed E-state index contributed by atoms with van der Waals surface area (Å²) in [6.45, 7) is 8.82. The second kappa shape index (κ2) is 12.6. The molecular weight excluding hydrogens is 323 g/mol. The monoisotopic (exact) mass is 344 g/mol. The average molecular weight is 345 g/mol. The van der Waals surface area contributed by atoms with Gasteiger partial charge in [-0.15, -0.1) is 0 Å². The van der Waals surface area contributed by atoms with Crippen molar-refractivity contribution in [3.05, 3.63) is 65.7 Å². The van der Waals surface area contributed by atoms with Crippen molar-refractivity contribution < 1.29 is 17.0 Å². The number of halogens is 2. The summed E-state index contributed by atoms with van der Waals surface area (Å²) in [5.74, 6) is 1.17. The van der Waals surface area contributed by atoms with Crippen molar-refractivity contribution in [3.8, 4) is 0 Å². The molecule has 0 unspecified atom stereocenters. The smallest absolute Gasteiger partial charge is 0.172 e. The van der Waals surface area contributed by atoms with E-state index in [9.17, 15) is 0 Å². The standard InChI is InChI=1S/C12H17.C5H5.2ClH.Ti/c1-9(2)11-6-5-7-12(8-11)10(3)4;1-2-4-5-3-1;;;/h5-7,9-10H,1-4H3;1-5H;2*1H;/q2*-1;;;+2/p-2. The van der Waals surface area contributed by atoms with Crippen molar-refractivity contribution in [2.45, 2.75) is 39.5 Å². The predicted octanol–water partition coefficient (Wildman–Crippen LogP) is 6.52. The third-order valence-corrected chi connectivity index (χ3v) is 2.64. The van der Waals surface area contributed by atoms with Gasteiger partial charge in [0.25, 0.3) is 0 Å². The van der Waals surface area contributed by atoms with Gasteiger partial charge in [-0.25, -0.2) is 12.1 Å². The zero-order chi connectivity index (χ0) is 15.4. The summed E-state index contributed by atoms with van der Waals surface area (Å²) in [4.78, 5) is 0. The van der Waals surface area contributed by atoms with Gasteiger partial charge >= 0.3 is 35.6 Å². The third-order valence-electron chi connectivity index (χ3n) is 2.64. The zero-order valence-corrected chi connectivity index (χ0v) is 15.6. The van der Waals surface area contributed by atoms with Gasteiger partial charge in [-0.1, -0.05) is 27.7 Å². The number of benzene rings is 1. The molecule has 0 bridgehead atoms. The minimum absolute atomic E-state index is 0.556. The maximum atomic E-state index is 4.89. The molecule has 0 nitrogen and oxygen atoms in total. The molecule has 20 heavy (non-hydrogen) atoms. The Morgan fingerprint density at radius 3 is 1.55 bits per heavy atom. The minimum Gasteiger partial charge on any atom is -0.214 e. The Labute approximate surface area is 140 Å². The second-order valence-corrected chi connectivity index (χ2v) is 7.48. The molecular formula is C17H22Cl2Ti-2. The minimum atomic E-state index is -0.556. The summed E-state index contributed by atoms with van der Waals surface area (Å²) >= 11 is -0.556.